The minimum Gasteiger partial charge on any atom is -0.507 e. The van der Waals surface area contributed by atoms with E-state index >= 15 is 0 Å². The molecule has 0 bridgehead atoms. The fourth-order valence-electron chi connectivity index (χ4n) is 1.66. The normalized spacial score (nSPS) is 10.7. The molecule has 0 aliphatic rings. The molecule has 3 aromatic rings. The lowest BCUT2D eigenvalue weighted by molar-refractivity contribution is 0.425. The number of benzene rings is 1. The number of hydrogen-bond donors (Lipinski definition) is 1. The Hall–Kier alpha value is -1.73. The van der Waals surface area contributed by atoms with Gasteiger partial charge in [-0.3, -0.25) is 4.98 Å². The molecule has 5 nitrogen and oxygen atoms in total. The Labute approximate surface area is 130 Å². The summed E-state index contributed by atoms with van der Waals surface area (Å²) in [6, 6.07) is 8.62. The minimum atomic E-state index is 0.0885. The maximum Gasteiger partial charge on any atom is 0.262 e. The Morgan fingerprint density at radius 1 is 1.15 bits per heavy atom. The SMILES string of the molecule is Oc1ccccc1-c1nc(-c2ncc(Br)cc2Br)no1. The van der Waals surface area contributed by atoms with E-state index in [1.165, 1.54) is 0 Å². The fourth-order valence-corrected chi connectivity index (χ4v) is 2.83. The van der Waals surface area contributed by atoms with E-state index in [4.69, 9.17) is 4.52 Å². The molecule has 0 saturated carbocycles. The van der Waals surface area contributed by atoms with Gasteiger partial charge in [0, 0.05) is 15.1 Å². The number of halogens is 2. The first kappa shape index (κ1) is 13.3. The molecule has 1 aromatic carbocycles. The number of rotatable bonds is 2. The molecule has 7 heteroatoms. The van der Waals surface area contributed by atoms with Gasteiger partial charge in [0.05, 0.1) is 5.56 Å². The van der Waals surface area contributed by atoms with Crippen LogP contribution in [0.15, 0.2) is 50.0 Å². The van der Waals surface area contributed by atoms with Gasteiger partial charge in [0.25, 0.3) is 5.89 Å². The van der Waals surface area contributed by atoms with Gasteiger partial charge in [-0.1, -0.05) is 17.3 Å². The van der Waals surface area contributed by atoms with Gasteiger partial charge in [-0.15, -0.1) is 0 Å². The molecule has 0 aliphatic heterocycles. The number of phenolic OH excluding ortho intramolecular Hbond substituents is 1. The molecule has 20 heavy (non-hydrogen) atoms. The molecule has 0 aliphatic carbocycles. The van der Waals surface area contributed by atoms with Crippen LogP contribution in [0.2, 0.25) is 0 Å². The van der Waals surface area contributed by atoms with E-state index in [1.54, 1.807) is 30.5 Å². The molecule has 0 radical (unpaired) electrons. The average molecular weight is 397 g/mol. The Balaban J connectivity index is 2.04. The van der Waals surface area contributed by atoms with Gasteiger partial charge in [-0.05, 0) is 50.1 Å². The van der Waals surface area contributed by atoms with Crippen molar-refractivity contribution in [3.63, 3.8) is 0 Å². The fraction of sp³-hybridized carbons (Fsp3) is 0. The van der Waals surface area contributed by atoms with Crippen LogP contribution in [-0.2, 0) is 0 Å². The quantitative estimate of drug-likeness (QED) is 0.707. The number of para-hydroxylation sites is 1. The lowest BCUT2D eigenvalue weighted by atomic mass is 10.2. The maximum atomic E-state index is 9.78. The second-order valence-corrected chi connectivity index (χ2v) is 5.69. The van der Waals surface area contributed by atoms with Crippen LogP contribution >= 0.6 is 31.9 Å². The zero-order valence-electron chi connectivity index (χ0n) is 9.92. The highest BCUT2D eigenvalue weighted by Crippen LogP contribution is 2.31. The molecule has 0 atom stereocenters. The van der Waals surface area contributed by atoms with Crippen LogP contribution in [-0.4, -0.2) is 20.2 Å². The molecular formula is C13H7Br2N3O2. The van der Waals surface area contributed by atoms with E-state index in [-0.39, 0.29) is 11.6 Å². The second kappa shape index (κ2) is 5.34. The summed E-state index contributed by atoms with van der Waals surface area (Å²) in [5, 5.41) is 13.7. The van der Waals surface area contributed by atoms with E-state index in [0.717, 1.165) is 8.95 Å². The van der Waals surface area contributed by atoms with Crippen molar-refractivity contribution in [1.82, 2.24) is 15.1 Å². The zero-order valence-corrected chi connectivity index (χ0v) is 13.1. The topological polar surface area (TPSA) is 72.0 Å². The van der Waals surface area contributed by atoms with Crippen molar-refractivity contribution in [1.29, 1.82) is 0 Å². The van der Waals surface area contributed by atoms with Crippen LogP contribution in [0.4, 0.5) is 0 Å². The summed E-state index contributed by atoms with van der Waals surface area (Å²) in [4.78, 5) is 8.49. The molecule has 2 heterocycles. The Bertz CT molecular complexity index is 774. The summed E-state index contributed by atoms with van der Waals surface area (Å²) >= 11 is 6.73. The van der Waals surface area contributed by atoms with Gasteiger partial charge in [0.2, 0.25) is 5.82 Å². The second-order valence-electron chi connectivity index (χ2n) is 3.92. The number of pyridine rings is 1. The van der Waals surface area contributed by atoms with E-state index in [1.807, 2.05) is 6.07 Å². The van der Waals surface area contributed by atoms with E-state index in [9.17, 15) is 5.11 Å². The molecule has 3 rings (SSSR count). The summed E-state index contributed by atoms with van der Waals surface area (Å²) in [6.45, 7) is 0. The first-order valence-corrected chi connectivity index (χ1v) is 7.17. The summed E-state index contributed by atoms with van der Waals surface area (Å²) in [5.74, 6) is 0.683. The molecule has 0 amide bonds. The van der Waals surface area contributed by atoms with Crippen molar-refractivity contribution in [2.24, 2.45) is 0 Å². The first-order chi connectivity index (χ1) is 9.65. The van der Waals surface area contributed by atoms with Gasteiger partial charge in [0.1, 0.15) is 11.4 Å². The van der Waals surface area contributed by atoms with Crippen molar-refractivity contribution in [3.8, 4) is 28.7 Å². The van der Waals surface area contributed by atoms with Crippen LogP contribution in [0.25, 0.3) is 23.0 Å². The van der Waals surface area contributed by atoms with Gasteiger partial charge < -0.3 is 9.63 Å². The van der Waals surface area contributed by atoms with Crippen molar-refractivity contribution in [2.45, 2.75) is 0 Å². The molecule has 1 N–H and O–H groups in total. The Morgan fingerprint density at radius 2 is 1.95 bits per heavy atom. The number of phenols is 1. The number of nitrogens with zero attached hydrogens (tertiary/aromatic N) is 3. The highest BCUT2D eigenvalue weighted by Gasteiger charge is 2.16. The Morgan fingerprint density at radius 3 is 2.70 bits per heavy atom. The third kappa shape index (κ3) is 2.46. The third-order valence-electron chi connectivity index (χ3n) is 2.58. The summed E-state index contributed by atoms with van der Waals surface area (Å²) in [5.41, 5.74) is 1.05. The lowest BCUT2D eigenvalue weighted by Gasteiger charge is -1.98. The standard InChI is InChI=1S/C13H7Br2N3O2/c14-7-5-9(15)11(16-6-7)12-17-13(20-18-12)8-3-1-2-4-10(8)19/h1-6,19H. The smallest absolute Gasteiger partial charge is 0.262 e. The molecule has 0 spiro atoms. The highest BCUT2D eigenvalue weighted by molar-refractivity contribution is 9.11. The van der Waals surface area contributed by atoms with Crippen LogP contribution in [0.3, 0.4) is 0 Å². The Kier molecular flexibility index (Phi) is 3.54. The largest absolute Gasteiger partial charge is 0.507 e. The predicted octanol–water partition coefficient (Wildman–Crippen LogP) is 4.03. The highest BCUT2D eigenvalue weighted by atomic mass is 79.9. The van der Waals surface area contributed by atoms with Crippen molar-refractivity contribution < 1.29 is 9.63 Å². The molecule has 0 fully saturated rings. The van der Waals surface area contributed by atoms with Crippen molar-refractivity contribution in [3.05, 3.63) is 45.5 Å². The zero-order chi connectivity index (χ0) is 14.1. The maximum absolute atomic E-state index is 9.78. The number of hydrogen-bond acceptors (Lipinski definition) is 5. The van der Waals surface area contributed by atoms with Gasteiger partial charge in [-0.25, -0.2) is 0 Å². The summed E-state index contributed by atoms with van der Waals surface area (Å²) in [7, 11) is 0. The number of aromatic hydroxyl groups is 1. The summed E-state index contributed by atoms with van der Waals surface area (Å²) in [6.07, 6.45) is 1.65. The lowest BCUT2D eigenvalue weighted by Crippen LogP contribution is -1.87. The van der Waals surface area contributed by atoms with Crippen molar-refractivity contribution >= 4 is 31.9 Å². The van der Waals surface area contributed by atoms with Gasteiger partial charge >= 0.3 is 0 Å². The van der Waals surface area contributed by atoms with Gasteiger partial charge in [0.15, 0.2) is 0 Å². The number of aromatic nitrogens is 3. The first-order valence-electron chi connectivity index (χ1n) is 5.58. The molecule has 0 saturated heterocycles. The van der Waals surface area contributed by atoms with Crippen LogP contribution < -0.4 is 0 Å². The third-order valence-corrected chi connectivity index (χ3v) is 3.62. The van der Waals surface area contributed by atoms with Crippen LogP contribution in [0, 0.1) is 0 Å². The van der Waals surface area contributed by atoms with Gasteiger partial charge in [-0.2, -0.15) is 4.98 Å². The van der Waals surface area contributed by atoms with Crippen LogP contribution in [0.5, 0.6) is 5.75 Å². The van der Waals surface area contributed by atoms with Crippen LogP contribution in [0.1, 0.15) is 0 Å². The molecule has 2 aromatic heterocycles. The van der Waals surface area contributed by atoms with Crippen molar-refractivity contribution in [2.75, 3.05) is 0 Å². The van der Waals surface area contributed by atoms with E-state index < -0.39 is 0 Å². The molecule has 0 unspecified atom stereocenters. The molecular weight excluding hydrogens is 390 g/mol. The summed E-state index contributed by atoms with van der Waals surface area (Å²) < 4.78 is 6.77. The average Bonchev–Trinajstić information content (AvgIpc) is 2.88. The van der Waals surface area contributed by atoms with E-state index in [2.05, 4.69) is 47.0 Å². The molecule has 100 valence electrons. The van der Waals surface area contributed by atoms with E-state index in [0.29, 0.717) is 17.1 Å². The monoisotopic (exact) mass is 395 g/mol. The predicted molar refractivity (Wildman–Crippen MR) is 80.0 cm³/mol. The minimum absolute atomic E-state index is 0.0885.